The quantitative estimate of drug-likeness (QED) is 0.638. The van der Waals surface area contributed by atoms with E-state index in [4.69, 9.17) is 5.11 Å². The molecule has 0 aromatic carbocycles. The van der Waals surface area contributed by atoms with Gasteiger partial charge in [0.05, 0.1) is 0 Å². The lowest BCUT2D eigenvalue weighted by atomic mass is 10.1. The van der Waals surface area contributed by atoms with Gasteiger partial charge in [0.25, 0.3) is 6.43 Å². The van der Waals surface area contributed by atoms with E-state index in [2.05, 4.69) is 10.2 Å². The first-order valence-corrected chi connectivity index (χ1v) is 2.75. The van der Waals surface area contributed by atoms with E-state index >= 15 is 0 Å². The number of alkyl halides is 2. The van der Waals surface area contributed by atoms with E-state index in [9.17, 15) is 13.6 Å². The highest BCUT2D eigenvalue weighted by molar-refractivity contribution is 6.16. The molecule has 0 aliphatic carbocycles. The van der Waals surface area contributed by atoms with Crippen LogP contribution < -0.4 is 0 Å². The monoisotopic (exact) mass is 162 g/mol. The van der Waals surface area contributed by atoms with Crippen molar-refractivity contribution in [3.05, 3.63) is 0 Å². The van der Waals surface area contributed by atoms with Crippen LogP contribution in [0.2, 0.25) is 0 Å². The van der Waals surface area contributed by atoms with Crippen LogP contribution in [0.25, 0.3) is 0 Å². The molecule has 11 heavy (non-hydrogen) atoms. The topological polar surface area (TPSA) is 62.0 Å². The van der Waals surface area contributed by atoms with E-state index in [0.717, 1.165) is 6.21 Å². The first kappa shape index (κ1) is 7.77. The SMILES string of the molecule is O=C(O)C1C=NN=C1C(F)F. The van der Waals surface area contributed by atoms with Gasteiger partial charge in [-0.2, -0.15) is 10.2 Å². The van der Waals surface area contributed by atoms with E-state index < -0.39 is 24.0 Å². The highest BCUT2D eigenvalue weighted by Gasteiger charge is 2.31. The number of nitrogens with zero attached hydrogens (tertiary/aromatic N) is 2. The summed E-state index contributed by atoms with van der Waals surface area (Å²) in [5, 5.41) is 14.4. The summed E-state index contributed by atoms with van der Waals surface area (Å²) in [7, 11) is 0. The summed E-state index contributed by atoms with van der Waals surface area (Å²) in [4.78, 5) is 10.2. The Bertz CT molecular complexity index is 237. The molecule has 6 heteroatoms. The van der Waals surface area contributed by atoms with E-state index in [1.54, 1.807) is 0 Å². The van der Waals surface area contributed by atoms with Crippen LogP contribution in [0.4, 0.5) is 8.78 Å². The van der Waals surface area contributed by atoms with Gasteiger partial charge in [-0.05, 0) is 0 Å². The van der Waals surface area contributed by atoms with Crippen LogP contribution in [-0.4, -0.2) is 29.4 Å². The average molecular weight is 162 g/mol. The molecule has 0 bridgehead atoms. The number of carbonyl (C=O) groups is 1. The minimum atomic E-state index is -2.85. The third-order valence-electron chi connectivity index (χ3n) is 1.20. The molecule has 1 N–H and O–H groups in total. The maximum Gasteiger partial charge on any atom is 0.318 e. The fraction of sp³-hybridized carbons (Fsp3) is 0.400. The zero-order valence-electron chi connectivity index (χ0n) is 5.24. The minimum Gasteiger partial charge on any atom is -0.480 e. The van der Waals surface area contributed by atoms with Crippen molar-refractivity contribution in [2.75, 3.05) is 0 Å². The maximum atomic E-state index is 11.9. The third kappa shape index (κ3) is 1.39. The Morgan fingerprint density at radius 2 is 2.36 bits per heavy atom. The standard InChI is InChI=1S/C5H4F2N2O2/c6-4(7)3-2(5(10)11)1-8-9-3/h1-2,4H,(H,10,11). The molecule has 1 aliphatic rings. The second kappa shape index (κ2) is 2.73. The predicted molar refractivity (Wildman–Crippen MR) is 33.1 cm³/mol. The van der Waals surface area contributed by atoms with Crippen molar-refractivity contribution in [2.45, 2.75) is 6.43 Å². The number of carboxylic acids is 1. The second-order valence-corrected chi connectivity index (χ2v) is 1.91. The summed E-state index contributed by atoms with van der Waals surface area (Å²) in [6.07, 6.45) is -1.97. The average Bonchev–Trinajstić information content (AvgIpc) is 2.32. The molecule has 1 heterocycles. The molecule has 1 unspecified atom stereocenters. The zero-order valence-corrected chi connectivity index (χ0v) is 5.24. The van der Waals surface area contributed by atoms with Crippen LogP contribution in [0.3, 0.4) is 0 Å². The minimum absolute atomic E-state index is 0.697. The van der Waals surface area contributed by atoms with Gasteiger partial charge >= 0.3 is 5.97 Å². The van der Waals surface area contributed by atoms with E-state index in [0.29, 0.717) is 0 Å². The molecule has 0 aromatic rings. The predicted octanol–water partition coefficient (Wildman–Crippen LogP) is 0.393. The van der Waals surface area contributed by atoms with Gasteiger partial charge in [0.1, 0.15) is 11.6 Å². The largest absolute Gasteiger partial charge is 0.480 e. The molecule has 0 aromatic heterocycles. The first-order valence-electron chi connectivity index (χ1n) is 2.75. The number of halogens is 2. The second-order valence-electron chi connectivity index (χ2n) is 1.91. The molecule has 1 rings (SSSR count). The normalized spacial score (nSPS) is 22.5. The van der Waals surface area contributed by atoms with Gasteiger partial charge in [-0.25, -0.2) is 8.78 Å². The van der Waals surface area contributed by atoms with E-state index in [1.165, 1.54) is 0 Å². The Morgan fingerprint density at radius 1 is 1.73 bits per heavy atom. The van der Waals surface area contributed by atoms with Gasteiger partial charge in [-0.15, -0.1) is 0 Å². The molecule has 1 atom stereocenters. The highest BCUT2D eigenvalue weighted by Crippen LogP contribution is 2.12. The molecular weight excluding hydrogens is 158 g/mol. The van der Waals surface area contributed by atoms with Crippen molar-refractivity contribution in [1.29, 1.82) is 0 Å². The van der Waals surface area contributed by atoms with E-state index in [-0.39, 0.29) is 0 Å². The van der Waals surface area contributed by atoms with Gasteiger partial charge in [-0.3, -0.25) is 4.79 Å². The first-order chi connectivity index (χ1) is 5.13. The van der Waals surface area contributed by atoms with Crippen molar-refractivity contribution in [3.63, 3.8) is 0 Å². The molecule has 0 radical (unpaired) electrons. The smallest absolute Gasteiger partial charge is 0.318 e. The Labute approximate surface area is 60.2 Å². The summed E-state index contributed by atoms with van der Waals surface area (Å²) in [5.74, 6) is -2.71. The molecule has 0 spiro atoms. The van der Waals surface area contributed by atoms with Crippen LogP contribution in [0.5, 0.6) is 0 Å². The summed E-state index contributed by atoms with van der Waals surface area (Å²) in [5.41, 5.74) is -0.697. The Morgan fingerprint density at radius 3 is 2.73 bits per heavy atom. The lowest BCUT2D eigenvalue weighted by molar-refractivity contribution is -0.137. The molecular formula is C5H4F2N2O2. The van der Waals surface area contributed by atoms with Crippen molar-refractivity contribution < 1.29 is 18.7 Å². The fourth-order valence-electron chi connectivity index (χ4n) is 0.675. The van der Waals surface area contributed by atoms with Gasteiger partial charge in [0.2, 0.25) is 0 Å². The van der Waals surface area contributed by atoms with Gasteiger partial charge in [0.15, 0.2) is 0 Å². The summed E-state index contributed by atoms with van der Waals surface area (Å²) in [6, 6.07) is 0. The number of carboxylic acid groups (broad SMARTS) is 1. The summed E-state index contributed by atoms with van der Waals surface area (Å²) < 4.78 is 23.8. The Hall–Kier alpha value is -1.33. The van der Waals surface area contributed by atoms with Crippen molar-refractivity contribution in [2.24, 2.45) is 16.1 Å². The highest BCUT2D eigenvalue weighted by atomic mass is 19.3. The number of rotatable bonds is 2. The molecule has 0 saturated carbocycles. The number of hydrogen-bond donors (Lipinski definition) is 1. The van der Waals surface area contributed by atoms with Crippen molar-refractivity contribution >= 4 is 17.9 Å². The fourth-order valence-corrected chi connectivity index (χ4v) is 0.675. The van der Waals surface area contributed by atoms with Crippen LogP contribution >= 0.6 is 0 Å². The van der Waals surface area contributed by atoms with Crippen molar-refractivity contribution in [3.8, 4) is 0 Å². The Kier molecular flexibility index (Phi) is 1.93. The summed E-state index contributed by atoms with van der Waals surface area (Å²) in [6.45, 7) is 0. The lowest BCUT2D eigenvalue weighted by Crippen LogP contribution is -2.27. The zero-order chi connectivity index (χ0) is 8.43. The summed E-state index contributed by atoms with van der Waals surface area (Å²) >= 11 is 0. The molecule has 0 saturated heterocycles. The number of hydrogen-bond acceptors (Lipinski definition) is 3. The molecule has 60 valence electrons. The molecule has 1 aliphatic heterocycles. The van der Waals surface area contributed by atoms with Gasteiger partial charge in [0, 0.05) is 6.21 Å². The third-order valence-corrected chi connectivity index (χ3v) is 1.20. The Balaban J connectivity index is 2.77. The lowest BCUT2D eigenvalue weighted by Gasteiger charge is -2.02. The van der Waals surface area contributed by atoms with Crippen LogP contribution in [0.15, 0.2) is 10.2 Å². The molecule has 0 fully saturated rings. The van der Waals surface area contributed by atoms with Gasteiger partial charge in [-0.1, -0.05) is 0 Å². The van der Waals surface area contributed by atoms with Gasteiger partial charge < -0.3 is 5.11 Å². The number of aliphatic carboxylic acids is 1. The van der Waals surface area contributed by atoms with E-state index in [1.807, 2.05) is 0 Å². The maximum absolute atomic E-state index is 11.9. The molecule has 4 nitrogen and oxygen atoms in total. The van der Waals surface area contributed by atoms with Crippen LogP contribution in [-0.2, 0) is 4.79 Å². The molecule has 0 amide bonds. The van der Waals surface area contributed by atoms with Crippen molar-refractivity contribution in [1.82, 2.24) is 0 Å². The van der Waals surface area contributed by atoms with Crippen LogP contribution in [0.1, 0.15) is 0 Å². The van der Waals surface area contributed by atoms with Crippen LogP contribution in [0, 0.1) is 5.92 Å².